The van der Waals surface area contributed by atoms with Gasteiger partial charge in [0.25, 0.3) is 0 Å². The Bertz CT molecular complexity index is 618. The van der Waals surface area contributed by atoms with Gasteiger partial charge in [-0.1, -0.05) is 30.3 Å². The summed E-state index contributed by atoms with van der Waals surface area (Å²) in [5.74, 6) is 2.23. The maximum Gasteiger partial charge on any atom is 0.161 e. The Hall–Kier alpha value is -2.24. The Morgan fingerprint density at radius 1 is 0.958 bits per heavy atom. The molecular formula is C19H25NO4. The molecule has 130 valence electrons. The molecule has 2 N–H and O–H groups in total. The van der Waals surface area contributed by atoms with Gasteiger partial charge < -0.3 is 24.6 Å². The van der Waals surface area contributed by atoms with Crippen LogP contribution in [0.4, 0.5) is 0 Å². The quantitative estimate of drug-likeness (QED) is 0.655. The molecule has 0 amide bonds. The highest BCUT2D eigenvalue weighted by Gasteiger charge is 2.06. The minimum atomic E-state index is -0.573. The van der Waals surface area contributed by atoms with Crippen LogP contribution in [0.25, 0.3) is 0 Å². The molecule has 0 fully saturated rings. The molecule has 0 aliphatic rings. The number of nitrogens with one attached hydrogen (secondary N) is 1. The average molecular weight is 331 g/mol. The molecule has 0 saturated carbocycles. The molecule has 2 aromatic rings. The van der Waals surface area contributed by atoms with Crippen molar-refractivity contribution in [2.24, 2.45) is 0 Å². The molecule has 0 aromatic heterocycles. The molecule has 0 bridgehead atoms. The second-order valence-electron chi connectivity index (χ2n) is 5.43. The topological polar surface area (TPSA) is 60.0 Å². The average Bonchev–Trinajstić information content (AvgIpc) is 2.61. The van der Waals surface area contributed by atoms with Crippen molar-refractivity contribution in [2.75, 3.05) is 33.4 Å². The van der Waals surface area contributed by atoms with Crippen LogP contribution in [0.5, 0.6) is 17.2 Å². The lowest BCUT2D eigenvalue weighted by atomic mass is 10.2. The third-order valence-electron chi connectivity index (χ3n) is 3.51. The molecule has 1 unspecified atom stereocenters. The van der Waals surface area contributed by atoms with Crippen LogP contribution < -0.4 is 19.5 Å². The normalized spacial score (nSPS) is 11.8. The molecule has 0 heterocycles. The molecule has 5 heteroatoms. The Morgan fingerprint density at radius 3 is 2.33 bits per heavy atom. The van der Waals surface area contributed by atoms with E-state index in [4.69, 9.17) is 14.2 Å². The van der Waals surface area contributed by atoms with Gasteiger partial charge in [0, 0.05) is 13.1 Å². The maximum absolute atomic E-state index is 9.95. The number of methoxy groups -OCH3 is 1. The molecule has 0 saturated heterocycles. The van der Waals surface area contributed by atoms with Crippen molar-refractivity contribution < 1.29 is 19.3 Å². The number of ether oxygens (including phenoxy) is 3. The minimum absolute atomic E-state index is 0.255. The largest absolute Gasteiger partial charge is 0.493 e. The van der Waals surface area contributed by atoms with E-state index in [1.165, 1.54) is 0 Å². The van der Waals surface area contributed by atoms with Gasteiger partial charge in [-0.25, -0.2) is 0 Å². The Kier molecular flexibility index (Phi) is 7.39. The van der Waals surface area contributed by atoms with Gasteiger partial charge in [0.05, 0.1) is 7.11 Å². The lowest BCUT2D eigenvalue weighted by molar-refractivity contribution is 0.105. The van der Waals surface area contributed by atoms with Gasteiger partial charge in [-0.3, -0.25) is 0 Å². The highest BCUT2D eigenvalue weighted by atomic mass is 16.5. The van der Waals surface area contributed by atoms with Gasteiger partial charge >= 0.3 is 0 Å². The van der Waals surface area contributed by atoms with Crippen molar-refractivity contribution in [3.63, 3.8) is 0 Å². The predicted molar refractivity (Wildman–Crippen MR) is 94.0 cm³/mol. The van der Waals surface area contributed by atoms with Gasteiger partial charge in [-0.05, 0) is 30.7 Å². The number of aliphatic hydroxyl groups is 1. The van der Waals surface area contributed by atoms with Gasteiger partial charge in [0.2, 0.25) is 0 Å². The van der Waals surface area contributed by atoms with Crippen LogP contribution in [0.2, 0.25) is 0 Å². The van der Waals surface area contributed by atoms with Crippen molar-refractivity contribution in [1.82, 2.24) is 5.32 Å². The van der Waals surface area contributed by atoms with Crippen LogP contribution in [0, 0.1) is 6.92 Å². The molecule has 5 nitrogen and oxygen atoms in total. The standard InChI is InChI=1S/C19H25NO4/c1-15-7-3-4-8-17(15)24-14-16(21)13-20-11-12-23-19-10-6-5-9-18(19)22-2/h3-10,16,20-21H,11-14H2,1-2H3. The van der Waals surface area contributed by atoms with Gasteiger partial charge in [0.1, 0.15) is 25.1 Å². The van der Waals surface area contributed by atoms with Crippen LogP contribution >= 0.6 is 0 Å². The number of hydrogen-bond acceptors (Lipinski definition) is 5. The molecule has 2 rings (SSSR count). The zero-order chi connectivity index (χ0) is 17.2. The van der Waals surface area contributed by atoms with E-state index in [0.29, 0.717) is 31.2 Å². The summed E-state index contributed by atoms with van der Waals surface area (Å²) in [6, 6.07) is 15.3. The maximum atomic E-state index is 9.95. The van der Waals surface area contributed by atoms with Crippen LogP contribution in [-0.2, 0) is 0 Å². The smallest absolute Gasteiger partial charge is 0.161 e. The lowest BCUT2D eigenvalue weighted by Crippen LogP contribution is -2.33. The van der Waals surface area contributed by atoms with E-state index in [0.717, 1.165) is 11.3 Å². The first-order valence-electron chi connectivity index (χ1n) is 8.03. The fraction of sp³-hybridized carbons (Fsp3) is 0.368. The number of rotatable bonds is 10. The van der Waals surface area contributed by atoms with Crippen molar-refractivity contribution >= 4 is 0 Å². The summed E-state index contributed by atoms with van der Waals surface area (Å²) in [4.78, 5) is 0. The summed E-state index contributed by atoms with van der Waals surface area (Å²) in [5, 5.41) is 13.1. The highest BCUT2D eigenvalue weighted by molar-refractivity contribution is 5.39. The summed E-state index contributed by atoms with van der Waals surface area (Å²) in [6.45, 7) is 3.80. The molecule has 0 spiro atoms. The molecule has 2 aromatic carbocycles. The van der Waals surface area contributed by atoms with Gasteiger partial charge in [-0.2, -0.15) is 0 Å². The highest BCUT2D eigenvalue weighted by Crippen LogP contribution is 2.25. The van der Waals surface area contributed by atoms with E-state index in [-0.39, 0.29) is 6.61 Å². The Morgan fingerprint density at radius 2 is 1.62 bits per heavy atom. The predicted octanol–water partition coefficient (Wildman–Crippen LogP) is 2.41. The number of aliphatic hydroxyl groups excluding tert-OH is 1. The van der Waals surface area contributed by atoms with Crippen molar-refractivity contribution in [3.05, 3.63) is 54.1 Å². The fourth-order valence-corrected chi connectivity index (χ4v) is 2.20. The van der Waals surface area contributed by atoms with E-state index in [1.54, 1.807) is 7.11 Å². The van der Waals surface area contributed by atoms with Crippen LogP contribution in [0.3, 0.4) is 0 Å². The molecule has 0 aliphatic heterocycles. The van der Waals surface area contributed by atoms with E-state index in [1.807, 2.05) is 55.5 Å². The molecular weight excluding hydrogens is 306 g/mol. The first kappa shape index (κ1) is 18.1. The molecule has 1 atom stereocenters. The van der Waals surface area contributed by atoms with Gasteiger partial charge in [0.15, 0.2) is 11.5 Å². The third-order valence-corrected chi connectivity index (χ3v) is 3.51. The molecule has 24 heavy (non-hydrogen) atoms. The molecule has 0 aliphatic carbocycles. The summed E-state index contributed by atoms with van der Waals surface area (Å²) in [7, 11) is 1.62. The summed E-state index contributed by atoms with van der Waals surface area (Å²) < 4.78 is 16.5. The number of hydrogen-bond donors (Lipinski definition) is 2. The number of aryl methyl sites for hydroxylation is 1. The van der Waals surface area contributed by atoms with Gasteiger partial charge in [-0.15, -0.1) is 0 Å². The van der Waals surface area contributed by atoms with E-state index in [9.17, 15) is 5.11 Å². The van der Waals surface area contributed by atoms with Crippen molar-refractivity contribution in [3.8, 4) is 17.2 Å². The second kappa shape index (κ2) is 9.80. The fourth-order valence-electron chi connectivity index (χ4n) is 2.20. The summed E-state index contributed by atoms with van der Waals surface area (Å²) in [6.07, 6.45) is -0.573. The monoisotopic (exact) mass is 331 g/mol. The van der Waals surface area contributed by atoms with Crippen molar-refractivity contribution in [2.45, 2.75) is 13.0 Å². The van der Waals surface area contributed by atoms with E-state index >= 15 is 0 Å². The number of para-hydroxylation sites is 3. The first-order chi connectivity index (χ1) is 11.7. The summed E-state index contributed by atoms with van der Waals surface area (Å²) >= 11 is 0. The van der Waals surface area contributed by atoms with Crippen LogP contribution in [-0.4, -0.2) is 44.6 Å². The van der Waals surface area contributed by atoms with E-state index < -0.39 is 6.10 Å². The minimum Gasteiger partial charge on any atom is -0.493 e. The van der Waals surface area contributed by atoms with Crippen molar-refractivity contribution in [1.29, 1.82) is 0 Å². The SMILES string of the molecule is COc1ccccc1OCCNCC(O)COc1ccccc1C. The zero-order valence-corrected chi connectivity index (χ0v) is 14.2. The Balaban J connectivity index is 1.61. The third kappa shape index (κ3) is 5.76. The first-order valence-corrected chi connectivity index (χ1v) is 8.03. The lowest BCUT2D eigenvalue weighted by Gasteiger charge is -2.15. The zero-order valence-electron chi connectivity index (χ0n) is 14.2. The van der Waals surface area contributed by atoms with Crippen LogP contribution in [0.1, 0.15) is 5.56 Å². The Labute approximate surface area is 143 Å². The second-order valence-corrected chi connectivity index (χ2v) is 5.43. The summed E-state index contributed by atoms with van der Waals surface area (Å²) in [5.41, 5.74) is 1.06. The van der Waals surface area contributed by atoms with E-state index in [2.05, 4.69) is 5.32 Å². The van der Waals surface area contributed by atoms with Crippen LogP contribution in [0.15, 0.2) is 48.5 Å². The number of benzene rings is 2. The molecule has 0 radical (unpaired) electrons.